The Kier molecular flexibility index (Phi) is 5.20. The van der Waals surface area contributed by atoms with Gasteiger partial charge < -0.3 is 10.1 Å². The minimum atomic E-state index is -0.590. The Labute approximate surface area is 101 Å². The second-order valence-electron chi connectivity index (χ2n) is 4.20. The Morgan fingerprint density at radius 2 is 2.00 bits per heavy atom. The van der Waals surface area contributed by atoms with E-state index < -0.39 is 12.0 Å². The molecule has 1 amide bonds. The maximum absolute atomic E-state index is 11.8. The predicted molar refractivity (Wildman–Crippen MR) is 64.5 cm³/mol. The molecule has 1 rings (SSSR count). The first-order valence-electron chi connectivity index (χ1n) is 5.60. The molecule has 4 heteroatoms. The molecule has 0 aliphatic carbocycles. The topological polar surface area (TPSA) is 55.4 Å². The fourth-order valence-corrected chi connectivity index (χ4v) is 1.46. The van der Waals surface area contributed by atoms with Crippen molar-refractivity contribution in [2.45, 2.75) is 26.3 Å². The average Bonchev–Trinajstić information content (AvgIpc) is 2.29. The fraction of sp³-hybridized carbons (Fsp3) is 0.385. The summed E-state index contributed by atoms with van der Waals surface area (Å²) in [5, 5.41) is 2.48. The van der Waals surface area contributed by atoms with Gasteiger partial charge in [-0.05, 0) is 24.5 Å². The third-order valence-corrected chi connectivity index (χ3v) is 2.22. The standard InChI is InChI=1S/C13H17NO3/c1-10(2)8-12(14-9-15)13(16)17-11-6-4-3-5-7-11/h3-7,9-10,12H,8H2,1-2H3,(H,14,15). The van der Waals surface area contributed by atoms with Gasteiger partial charge in [0.25, 0.3) is 0 Å². The van der Waals surface area contributed by atoms with Crippen molar-refractivity contribution in [2.24, 2.45) is 5.92 Å². The van der Waals surface area contributed by atoms with E-state index in [1.807, 2.05) is 19.9 Å². The van der Waals surface area contributed by atoms with Crippen molar-refractivity contribution in [3.8, 4) is 5.75 Å². The minimum Gasteiger partial charge on any atom is -0.425 e. The van der Waals surface area contributed by atoms with Crippen molar-refractivity contribution < 1.29 is 14.3 Å². The number of amides is 1. The molecule has 0 radical (unpaired) electrons. The van der Waals surface area contributed by atoms with Crippen LogP contribution in [0.25, 0.3) is 0 Å². The van der Waals surface area contributed by atoms with Crippen molar-refractivity contribution in [1.82, 2.24) is 5.32 Å². The lowest BCUT2D eigenvalue weighted by Crippen LogP contribution is -2.39. The van der Waals surface area contributed by atoms with Gasteiger partial charge in [0.05, 0.1) is 0 Å². The van der Waals surface area contributed by atoms with E-state index in [0.29, 0.717) is 24.5 Å². The van der Waals surface area contributed by atoms with Crippen LogP contribution in [0.4, 0.5) is 0 Å². The fourth-order valence-electron chi connectivity index (χ4n) is 1.46. The molecule has 1 atom stereocenters. The van der Waals surface area contributed by atoms with Gasteiger partial charge >= 0.3 is 5.97 Å². The van der Waals surface area contributed by atoms with Crippen molar-refractivity contribution in [2.75, 3.05) is 0 Å². The lowest BCUT2D eigenvalue weighted by Gasteiger charge is -2.16. The molecule has 1 unspecified atom stereocenters. The molecule has 92 valence electrons. The van der Waals surface area contributed by atoms with Crippen LogP contribution < -0.4 is 10.1 Å². The maximum Gasteiger partial charge on any atom is 0.334 e. The van der Waals surface area contributed by atoms with Crippen molar-refractivity contribution in [3.63, 3.8) is 0 Å². The number of hydrogen-bond acceptors (Lipinski definition) is 3. The molecule has 0 aliphatic heterocycles. The summed E-state index contributed by atoms with van der Waals surface area (Å²) in [5.41, 5.74) is 0. The molecule has 1 aromatic carbocycles. The maximum atomic E-state index is 11.8. The molecule has 1 N–H and O–H groups in total. The van der Waals surface area contributed by atoms with Crippen LogP contribution in [0.3, 0.4) is 0 Å². The molecule has 0 saturated carbocycles. The summed E-state index contributed by atoms with van der Waals surface area (Å²) in [7, 11) is 0. The van der Waals surface area contributed by atoms with Crippen LogP contribution in [0.15, 0.2) is 30.3 Å². The Bertz CT molecular complexity index is 362. The largest absolute Gasteiger partial charge is 0.425 e. The molecular weight excluding hydrogens is 218 g/mol. The molecule has 4 nitrogen and oxygen atoms in total. The van der Waals surface area contributed by atoms with Crippen LogP contribution in [0.1, 0.15) is 20.3 Å². The van der Waals surface area contributed by atoms with Crippen molar-refractivity contribution in [3.05, 3.63) is 30.3 Å². The van der Waals surface area contributed by atoms with Gasteiger partial charge in [-0.3, -0.25) is 4.79 Å². The lowest BCUT2D eigenvalue weighted by molar-refractivity contribution is -0.138. The highest BCUT2D eigenvalue weighted by molar-refractivity contribution is 5.80. The number of hydrogen-bond donors (Lipinski definition) is 1. The number of esters is 1. The number of carbonyl (C=O) groups excluding carboxylic acids is 2. The summed E-state index contributed by atoms with van der Waals surface area (Å²) in [6.07, 6.45) is 1.09. The molecule has 0 aliphatic rings. The van der Waals surface area contributed by atoms with Crippen LogP contribution in [0.2, 0.25) is 0 Å². The highest BCUT2D eigenvalue weighted by atomic mass is 16.5. The molecule has 0 aromatic heterocycles. The summed E-state index contributed by atoms with van der Waals surface area (Å²) >= 11 is 0. The highest BCUT2D eigenvalue weighted by Gasteiger charge is 2.20. The number of rotatable bonds is 6. The normalized spacial score (nSPS) is 11.9. The third-order valence-electron chi connectivity index (χ3n) is 2.22. The van der Waals surface area contributed by atoms with E-state index in [4.69, 9.17) is 4.74 Å². The molecular formula is C13H17NO3. The van der Waals surface area contributed by atoms with Crippen LogP contribution in [0.5, 0.6) is 5.75 Å². The highest BCUT2D eigenvalue weighted by Crippen LogP contribution is 2.12. The van der Waals surface area contributed by atoms with Crippen LogP contribution >= 0.6 is 0 Å². The zero-order valence-electron chi connectivity index (χ0n) is 10.1. The van der Waals surface area contributed by atoms with Gasteiger partial charge in [0.1, 0.15) is 11.8 Å². The van der Waals surface area contributed by atoms with Gasteiger partial charge in [0.15, 0.2) is 0 Å². The summed E-state index contributed by atoms with van der Waals surface area (Å²) < 4.78 is 5.17. The van der Waals surface area contributed by atoms with Gasteiger partial charge in [-0.15, -0.1) is 0 Å². The van der Waals surface area contributed by atoms with Gasteiger partial charge in [-0.25, -0.2) is 4.79 Å². The molecule has 0 fully saturated rings. The number of para-hydroxylation sites is 1. The monoisotopic (exact) mass is 235 g/mol. The number of benzene rings is 1. The summed E-state index contributed by atoms with van der Waals surface area (Å²) in [5.74, 6) is 0.353. The van der Waals surface area contributed by atoms with E-state index >= 15 is 0 Å². The van der Waals surface area contributed by atoms with E-state index in [-0.39, 0.29) is 0 Å². The zero-order chi connectivity index (χ0) is 12.7. The van der Waals surface area contributed by atoms with Crippen molar-refractivity contribution in [1.29, 1.82) is 0 Å². The Hall–Kier alpha value is -1.84. The van der Waals surface area contributed by atoms with E-state index in [1.54, 1.807) is 24.3 Å². The molecule has 0 heterocycles. The van der Waals surface area contributed by atoms with E-state index in [1.165, 1.54) is 0 Å². The lowest BCUT2D eigenvalue weighted by atomic mass is 10.0. The van der Waals surface area contributed by atoms with E-state index in [0.717, 1.165) is 0 Å². The van der Waals surface area contributed by atoms with E-state index in [9.17, 15) is 9.59 Å². The predicted octanol–water partition coefficient (Wildman–Crippen LogP) is 1.75. The second-order valence-corrected chi connectivity index (χ2v) is 4.20. The summed E-state index contributed by atoms with van der Waals surface area (Å²) in [4.78, 5) is 22.2. The molecule has 1 aromatic rings. The molecule has 0 saturated heterocycles. The van der Waals surface area contributed by atoms with E-state index in [2.05, 4.69) is 5.32 Å². The van der Waals surface area contributed by atoms with Crippen molar-refractivity contribution >= 4 is 12.4 Å². The molecule has 17 heavy (non-hydrogen) atoms. The first kappa shape index (κ1) is 13.2. The third kappa shape index (κ3) is 4.68. The smallest absolute Gasteiger partial charge is 0.334 e. The average molecular weight is 235 g/mol. The quantitative estimate of drug-likeness (QED) is 0.464. The van der Waals surface area contributed by atoms with Gasteiger partial charge in [0.2, 0.25) is 6.41 Å². The number of carbonyl (C=O) groups is 2. The Morgan fingerprint density at radius 1 is 1.35 bits per heavy atom. The number of nitrogens with one attached hydrogen (secondary N) is 1. The van der Waals surface area contributed by atoms with Gasteiger partial charge in [0, 0.05) is 0 Å². The first-order valence-corrected chi connectivity index (χ1v) is 5.60. The summed E-state index contributed by atoms with van der Waals surface area (Å²) in [6.45, 7) is 3.96. The summed E-state index contributed by atoms with van der Waals surface area (Å²) in [6, 6.07) is 8.22. The van der Waals surface area contributed by atoms with Crippen LogP contribution in [-0.4, -0.2) is 18.4 Å². The van der Waals surface area contributed by atoms with Crippen LogP contribution in [0, 0.1) is 5.92 Å². The SMILES string of the molecule is CC(C)CC(NC=O)C(=O)Oc1ccccc1. The zero-order valence-corrected chi connectivity index (χ0v) is 10.1. The Balaban J connectivity index is 2.62. The second kappa shape index (κ2) is 6.68. The molecule has 0 bridgehead atoms. The molecule has 0 spiro atoms. The Morgan fingerprint density at radius 3 is 2.53 bits per heavy atom. The van der Waals surface area contributed by atoms with Crippen LogP contribution in [-0.2, 0) is 9.59 Å². The number of ether oxygens (including phenoxy) is 1. The van der Waals surface area contributed by atoms with Gasteiger partial charge in [-0.1, -0.05) is 32.0 Å². The van der Waals surface area contributed by atoms with Gasteiger partial charge in [-0.2, -0.15) is 0 Å². The minimum absolute atomic E-state index is 0.302. The first-order chi connectivity index (χ1) is 8.13.